The molecule has 0 N–H and O–H groups in total. The SMILES string of the molecule is C=CC(=O)N1CC(C(C)C)C1C(C)C. The molecule has 0 saturated carbocycles. The van der Waals surface area contributed by atoms with Gasteiger partial charge in [-0.05, 0) is 23.8 Å². The molecule has 0 spiro atoms. The average molecular weight is 195 g/mol. The molecule has 1 aliphatic rings. The highest BCUT2D eigenvalue weighted by atomic mass is 16.2. The van der Waals surface area contributed by atoms with Crippen molar-refractivity contribution in [2.75, 3.05) is 6.54 Å². The first-order chi connectivity index (χ1) is 6.49. The van der Waals surface area contributed by atoms with Gasteiger partial charge in [-0.3, -0.25) is 4.79 Å². The topological polar surface area (TPSA) is 20.3 Å². The van der Waals surface area contributed by atoms with Crippen molar-refractivity contribution in [1.82, 2.24) is 4.90 Å². The van der Waals surface area contributed by atoms with Crippen molar-refractivity contribution in [1.29, 1.82) is 0 Å². The summed E-state index contributed by atoms with van der Waals surface area (Å²) in [6.07, 6.45) is 1.42. The van der Waals surface area contributed by atoms with Crippen LogP contribution in [0.15, 0.2) is 12.7 Å². The predicted octanol–water partition coefficient (Wildman–Crippen LogP) is 2.31. The zero-order chi connectivity index (χ0) is 10.9. The lowest BCUT2D eigenvalue weighted by Crippen LogP contribution is -2.62. The third-order valence-electron chi connectivity index (χ3n) is 3.20. The molecule has 0 aromatic heterocycles. The number of amides is 1. The second-order valence-electron chi connectivity index (χ2n) is 4.84. The molecule has 0 aromatic rings. The van der Waals surface area contributed by atoms with Crippen LogP contribution in [0.1, 0.15) is 27.7 Å². The number of nitrogens with zero attached hydrogens (tertiary/aromatic N) is 1. The van der Waals surface area contributed by atoms with Gasteiger partial charge in [-0.15, -0.1) is 0 Å². The van der Waals surface area contributed by atoms with Gasteiger partial charge in [0.2, 0.25) is 5.91 Å². The molecule has 1 aliphatic heterocycles. The quantitative estimate of drug-likeness (QED) is 0.633. The molecule has 1 rings (SSSR count). The lowest BCUT2D eigenvalue weighted by Gasteiger charge is -2.52. The van der Waals surface area contributed by atoms with Crippen LogP contribution in [-0.4, -0.2) is 23.4 Å². The van der Waals surface area contributed by atoms with Crippen molar-refractivity contribution in [2.45, 2.75) is 33.7 Å². The second kappa shape index (κ2) is 4.16. The van der Waals surface area contributed by atoms with Crippen LogP contribution in [0.2, 0.25) is 0 Å². The highest BCUT2D eigenvalue weighted by Gasteiger charge is 2.43. The first-order valence-corrected chi connectivity index (χ1v) is 5.42. The van der Waals surface area contributed by atoms with Gasteiger partial charge in [0.05, 0.1) is 0 Å². The summed E-state index contributed by atoms with van der Waals surface area (Å²) >= 11 is 0. The summed E-state index contributed by atoms with van der Waals surface area (Å²) in [6, 6.07) is 0.417. The van der Waals surface area contributed by atoms with Gasteiger partial charge in [0, 0.05) is 12.6 Å². The van der Waals surface area contributed by atoms with Gasteiger partial charge in [-0.25, -0.2) is 0 Å². The monoisotopic (exact) mass is 195 g/mol. The van der Waals surface area contributed by atoms with Gasteiger partial charge in [0.1, 0.15) is 0 Å². The maximum Gasteiger partial charge on any atom is 0.246 e. The summed E-state index contributed by atoms with van der Waals surface area (Å²) in [5.41, 5.74) is 0. The number of carbonyl (C=O) groups is 1. The molecule has 2 unspecified atom stereocenters. The van der Waals surface area contributed by atoms with E-state index in [1.165, 1.54) is 6.08 Å². The molecule has 0 aliphatic carbocycles. The molecule has 2 heteroatoms. The second-order valence-corrected chi connectivity index (χ2v) is 4.84. The van der Waals surface area contributed by atoms with Gasteiger partial charge in [0.25, 0.3) is 0 Å². The Balaban J connectivity index is 2.67. The van der Waals surface area contributed by atoms with Gasteiger partial charge in [-0.2, -0.15) is 0 Å². The van der Waals surface area contributed by atoms with Crippen molar-refractivity contribution >= 4 is 5.91 Å². The fourth-order valence-electron chi connectivity index (χ4n) is 2.36. The fourth-order valence-corrected chi connectivity index (χ4v) is 2.36. The van der Waals surface area contributed by atoms with Gasteiger partial charge >= 0.3 is 0 Å². The molecule has 80 valence electrons. The lowest BCUT2D eigenvalue weighted by atomic mass is 9.74. The summed E-state index contributed by atoms with van der Waals surface area (Å²) in [4.78, 5) is 13.4. The van der Waals surface area contributed by atoms with Crippen molar-refractivity contribution in [3.63, 3.8) is 0 Å². The Kier molecular flexibility index (Phi) is 3.35. The summed E-state index contributed by atoms with van der Waals surface area (Å²) in [5.74, 6) is 1.95. The van der Waals surface area contributed by atoms with Crippen LogP contribution in [-0.2, 0) is 4.79 Å². The normalized spacial score (nSPS) is 26.6. The van der Waals surface area contributed by atoms with Crippen LogP contribution >= 0.6 is 0 Å². The van der Waals surface area contributed by atoms with Crippen molar-refractivity contribution in [3.8, 4) is 0 Å². The first kappa shape index (κ1) is 11.3. The molecule has 1 fully saturated rings. The zero-order valence-corrected chi connectivity index (χ0v) is 9.66. The van der Waals surface area contributed by atoms with Crippen LogP contribution in [0.5, 0.6) is 0 Å². The maximum atomic E-state index is 11.5. The van der Waals surface area contributed by atoms with Crippen molar-refractivity contribution < 1.29 is 4.79 Å². The number of hydrogen-bond acceptors (Lipinski definition) is 1. The van der Waals surface area contributed by atoms with Crippen LogP contribution in [0.4, 0.5) is 0 Å². The highest BCUT2D eigenvalue weighted by molar-refractivity contribution is 5.88. The molecule has 1 heterocycles. The van der Waals surface area contributed by atoms with Crippen LogP contribution in [0.3, 0.4) is 0 Å². The Morgan fingerprint density at radius 2 is 1.93 bits per heavy atom. The molecule has 1 amide bonds. The smallest absolute Gasteiger partial charge is 0.246 e. The zero-order valence-electron chi connectivity index (χ0n) is 9.66. The summed E-state index contributed by atoms with van der Waals surface area (Å²) in [6.45, 7) is 13.3. The summed E-state index contributed by atoms with van der Waals surface area (Å²) in [7, 11) is 0. The van der Waals surface area contributed by atoms with E-state index < -0.39 is 0 Å². The molecule has 1 saturated heterocycles. The highest BCUT2D eigenvalue weighted by Crippen LogP contribution is 2.35. The van der Waals surface area contributed by atoms with E-state index in [0.717, 1.165) is 6.54 Å². The van der Waals surface area contributed by atoms with E-state index in [-0.39, 0.29) is 5.91 Å². The number of carbonyl (C=O) groups excluding carboxylic acids is 1. The number of hydrogen-bond donors (Lipinski definition) is 0. The standard InChI is InChI=1S/C12H21NO/c1-6-11(14)13-7-10(8(2)3)12(13)9(4)5/h6,8-10,12H,1,7H2,2-5H3. The molecule has 2 atom stereocenters. The van der Waals surface area contributed by atoms with E-state index in [4.69, 9.17) is 0 Å². The van der Waals surface area contributed by atoms with Crippen molar-refractivity contribution in [2.24, 2.45) is 17.8 Å². The Morgan fingerprint density at radius 3 is 2.29 bits per heavy atom. The minimum Gasteiger partial charge on any atom is -0.335 e. The Labute approximate surface area is 87.0 Å². The molecule has 2 nitrogen and oxygen atoms in total. The molecule has 14 heavy (non-hydrogen) atoms. The number of rotatable bonds is 3. The van der Waals surface area contributed by atoms with E-state index in [1.807, 2.05) is 4.90 Å². The molecule has 0 bridgehead atoms. The minimum atomic E-state index is 0.0839. The fraction of sp³-hybridized carbons (Fsp3) is 0.750. The maximum absolute atomic E-state index is 11.5. The number of likely N-dealkylation sites (tertiary alicyclic amines) is 1. The minimum absolute atomic E-state index is 0.0839. The van der Waals surface area contributed by atoms with E-state index >= 15 is 0 Å². The lowest BCUT2D eigenvalue weighted by molar-refractivity contribution is -0.143. The summed E-state index contributed by atoms with van der Waals surface area (Å²) < 4.78 is 0. The van der Waals surface area contributed by atoms with E-state index in [9.17, 15) is 4.79 Å². The molecular weight excluding hydrogens is 174 g/mol. The first-order valence-electron chi connectivity index (χ1n) is 5.42. The van der Waals surface area contributed by atoms with Crippen LogP contribution < -0.4 is 0 Å². The molecule has 0 radical (unpaired) electrons. The predicted molar refractivity (Wildman–Crippen MR) is 58.9 cm³/mol. The third-order valence-corrected chi connectivity index (χ3v) is 3.20. The Morgan fingerprint density at radius 1 is 1.36 bits per heavy atom. The van der Waals surface area contributed by atoms with E-state index in [2.05, 4.69) is 34.3 Å². The van der Waals surface area contributed by atoms with Gasteiger partial charge < -0.3 is 4.90 Å². The Hall–Kier alpha value is -0.790. The van der Waals surface area contributed by atoms with Gasteiger partial charge in [-0.1, -0.05) is 34.3 Å². The van der Waals surface area contributed by atoms with Crippen LogP contribution in [0, 0.1) is 17.8 Å². The van der Waals surface area contributed by atoms with Crippen molar-refractivity contribution in [3.05, 3.63) is 12.7 Å². The third kappa shape index (κ3) is 1.84. The average Bonchev–Trinajstić information content (AvgIpc) is 2.00. The van der Waals surface area contributed by atoms with E-state index in [0.29, 0.717) is 23.8 Å². The van der Waals surface area contributed by atoms with Gasteiger partial charge in [0.15, 0.2) is 0 Å². The molecular formula is C12H21NO. The van der Waals surface area contributed by atoms with Crippen LogP contribution in [0.25, 0.3) is 0 Å². The van der Waals surface area contributed by atoms with E-state index in [1.54, 1.807) is 0 Å². The summed E-state index contributed by atoms with van der Waals surface area (Å²) in [5, 5.41) is 0. The largest absolute Gasteiger partial charge is 0.335 e. The molecule has 0 aromatic carbocycles. The Bertz CT molecular complexity index is 232.